The van der Waals surface area contributed by atoms with Crippen LogP contribution in [-0.4, -0.2) is 42.0 Å². The number of methoxy groups -OCH3 is 1. The third-order valence-corrected chi connectivity index (χ3v) is 5.12. The van der Waals surface area contributed by atoms with E-state index in [0.29, 0.717) is 25.4 Å². The van der Waals surface area contributed by atoms with Gasteiger partial charge in [-0.25, -0.2) is 4.39 Å². The summed E-state index contributed by atoms with van der Waals surface area (Å²) in [7, 11) is 1.47. The number of rotatable bonds is 6. The number of nitrogens with zero attached hydrogens (tertiary/aromatic N) is 1. The molecular formula is C22H25FN2O4. The maximum Gasteiger partial charge on any atom is 0.227 e. The first-order chi connectivity index (χ1) is 14.0. The molecule has 29 heavy (non-hydrogen) atoms. The van der Waals surface area contributed by atoms with Crippen LogP contribution in [0.1, 0.15) is 24.0 Å². The molecule has 1 aliphatic rings. The van der Waals surface area contributed by atoms with Crippen molar-refractivity contribution in [3.63, 3.8) is 0 Å². The number of carbonyl (C=O) groups is 2. The molecule has 0 aromatic heterocycles. The number of halogens is 1. The molecule has 154 valence electrons. The molecule has 0 aliphatic carbocycles. The number of phenolic OH excluding ortho intramolecular Hbond substituents is 1. The maximum absolute atomic E-state index is 13.0. The number of carbonyl (C=O) groups excluding carboxylic acids is 2. The number of nitrogens with one attached hydrogen (secondary N) is 1. The molecular weight excluding hydrogens is 375 g/mol. The van der Waals surface area contributed by atoms with Crippen molar-refractivity contribution in [3.05, 3.63) is 59.4 Å². The van der Waals surface area contributed by atoms with E-state index in [1.807, 2.05) is 0 Å². The monoisotopic (exact) mass is 400 g/mol. The third kappa shape index (κ3) is 5.47. The summed E-state index contributed by atoms with van der Waals surface area (Å²) >= 11 is 0. The highest BCUT2D eigenvalue weighted by Crippen LogP contribution is 2.26. The summed E-state index contributed by atoms with van der Waals surface area (Å²) in [4.78, 5) is 26.9. The highest BCUT2D eigenvalue weighted by molar-refractivity contribution is 5.82. The Morgan fingerprint density at radius 1 is 1.21 bits per heavy atom. The van der Waals surface area contributed by atoms with Crippen LogP contribution in [0.4, 0.5) is 4.39 Å². The second-order valence-corrected chi connectivity index (χ2v) is 7.21. The average molecular weight is 400 g/mol. The molecule has 0 bridgehead atoms. The van der Waals surface area contributed by atoms with E-state index in [4.69, 9.17) is 4.74 Å². The molecule has 2 aromatic carbocycles. The predicted molar refractivity (Wildman–Crippen MR) is 106 cm³/mol. The molecule has 2 aromatic rings. The lowest BCUT2D eigenvalue weighted by atomic mass is 9.96. The number of phenols is 1. The van der Waals surface area contributed by atoms with Gasteiger partial charge in [-0.3, -0.25) is 9.59 Å². The zero-order chi connectivity index (χ0) is 20.8. The standard InChI is InChI=1S/C22H25FN2O4/c1-29-20-11-16(6-9-19(20)26)13-24-22(28)17-3-2-10-25(14-17)21(27)12-15-4-7-18(23)8-5-15/h4-9,11,17,26H,2-3,10,12-14H2,1H3,(H,24,28). The van der Waals surface area contributed by atoms with Gasteiger partial charge in [0.05, 0.1) is 19.4 Å². The zero-order valence-corrected chi connectivity index (χ0v) is 16.4. The van der Waals surface area contributed by atoms with Gasteiger partial charge in [0.1, 0.15) is 5.82 Å². The van der Waals surface area contributed by atoms with Crippen LogP contribution >= 0.6 is 0 Å². The fourth-order valence-electron chi connectivity index (χ4n) is 3.47. The molecule has 2 amide bonds. The van der Waals surface area contributed by atoms with Gasteiger partial charge in [-0.2, -0.15) is 0 Å². The summed E-state index contributed by atoms with van der Waals surface area (Å²) in [5.41, 5.74) is 1.57. The van der Waals surface area contributed by atoms with Crippen LogP contribution in [0.5, 0.6) is 11.5 Å². The van der Waals surface area contributed by atoms with Crippen molar-refractivity contribution in [2.75, 3.05) is 20.2 Å². The minimum atomic E-state index is -0.331. The summed E-state index contributed by atoms with van der Waals surface area (Å²) in [5.74, 6) is -0.354. The molecule has 0 saturated carbocycles. The van der Waals surface area contributed by atoms with Crippen molar-refractivity contribution in [2.45, 2.75) is 25.8 Å². The molecule has 1 atom stereocenters. The molecule has 1 aliphatic heterocycles. The molecule has 1 heterocycles. The lowest BCUT2D eigenvalue weighted by Gasteiger charge is -2.32. The predicted octanol–water partition coefficient (Wildman–Crippen LogP) is 2.64. The number of benzene rings is 2. The van der Waals surface area contributed by atoms with Crippen LogP contribution in [0.3, 0.4) is 0 Å². The molecule has 0 spiro atoms. The number of hydrogen-bond acceptors (Lipinski definition) is 4. The minimum absolute atomic E-state index is 0.0464. The van der Waals surface area contributed by atoms with Crippen LogP contribution in [0.25, 0.3) is 0 Å². The van der Waals surface area contributed by atoms with Gasteiger partial charge in [-0.05, 0) is 48.2 Å². The fraction of sp³-hybridized carbons (Fsp3) is 0.364. The smallest absolute Gasteiger partial charge is 0.227 e. The van der Waals surface area contributed by atoms with Crippen molar-refractivity contribution < 1.29 is 23.8 Å². The Balaban J connectivity index is 1.53. The van der Waals surface area contributed by atoms with Gasteiger partial charge in [0.2, 0.25) is 11.8 Å². The number of amides is 2. The van der Waals surface area contributed by atoms with Crippen molar-refractivity contribution in [1.29, 1.82) is 0 Å². The van der Waals surface area contributed by atoms with Crippen molar-refractivity contribution >= 4 is 11.8 Å². The Kier molecular flexibility index (Phi) is 6.69. The molecule has 1 fully saturated rings. The Labute approximate surface area is 169 Å². The lowest BCUT2D eigenvalue weighted by molar-refractivity contribution is -0.135. The first-order valence-electron chi connectivity index (χ1n) is 9.62. The average Bonchev–Trinajstić information content (AvgIpc) is 2.74. The second kappa shape index (κ2) is 9.41. The molecule has 3 rings (SSSR count). The number of likely N-dealkylation sites (tertiary alicyclic amines) is 1. The van der Waals surface area contributed by atoms with Gasteiger partial charge in [0.25, 0.3) is 0 Å². The molecule has 6 nitrogen and oxygen atoms in total. The highest BCUT2D eigenvalue weighted by atomic mass is 19.1. The fourth-order valence-corrected chi connectivity index (χ4v) is 3.47. The van der Waals surface area contributed by atoms with E-state index in [0.717, 1.165) is 24.0 Å². The van der Waals surface area contributed by atoms with Gasteiger partial charge in [-0.1, -0.05) is 18.2 Å². The van der Waals surface area contributed by atoms with Gasteiger partial charge in [-0.15, -0.1) is 0 Å². The van der Waals surface area contributed by atoms with E-state index in [-0.39, 0.29) is 35.7 Å². The third-order valence-electron chi connectivity index (χ3n) is 5.12. The van der Waals surface area contributed by atoms with Gasteiger partial charge in [0, 0.05) is 19.6 Å². The van der Waals surface area contributed by atoms with Crippen LogP contribution in [0.15, 0.2) is 42.5 Å². The summed E-state index contributed by atoms with van der Waals surface area (Å²) in [6.07, 6.45) is 1.69. The van der Waals surface area contributed by atoms with E-state index in [2.05, 4.69) is 5.32 Å². The first-order valence-corrected chi connectivity index (χ1v) is 9.62. The molecule has 2 N–H and O–H groups in total. The van der Waals surface area contributed by atoms with E-state index >= 15 is 0 Å². The summed E-state index contributed by atoms with van der Waals surface area (Å²) in [6.45, 7) is 1.32. The highest BCUT2D eigenvalue weighted by Gasteiger charge is 2.28. The van der Waals surface area contributed by atoms with E-state index in [1.165, 1.54) is 25.3 Å². The minimum Gasteiger partial charge on any atom is -0.504 e. The summed E-state index contributed by atoms with van der Waals surface area (Å²) in [6, 6.07) is 10.8. The van der Waals surface area contributed by atoms with E-state index in [9.17, 15) is 19.1 Å². The van der Waals surface area contributed by atoms with E-state index < -0.39 is 0 Å². The SMILES string of the molecule is COc1cc(CNC(=O)C2CCCN(C(=O)Cc3ccc(F)cc3)C2)ccc1O. The van der Waals surface area contributed by atoms with Gasteiger partial charge < -0.3 is 20.1 Å². The van der Waals surface area contributed by atoms with Crippen LogP contribution in [0.2, 0.25) is 0 Å². The second-order valence-electron chi connectivity index (χ2n) is 7.21. The Bertz CT molecular complexity index is 870. The topological polar surface area (TPSA) is 78.9 Å². The normalized spacial score (nSPS) is 16.3. The van der Waals surface area contributed by atoms with Gasteiger partial charge in [0.15, 0.2) is 11.5 Å². The molecule has 1 unspecified atom stereocenters. The summed E-state index contributed by atoms with van der Waals surface area (Å²) in [5, 5.41) is 12.5. The molecule has 1 saturated heterocycles. The largest absolute Gasteiger partial charge is 0.504 e. The maximum atomic E-state index is 13.0. The Morgan fingerprint density at radius 2 is 1.93 bits per heavy atom. The lowest BCUT2D eigenvalue weighted by Crippen LogP contribution is -2.45. The van der Waals surface area contributed by atoms with Crippen molar-refractivity contribution in [3.8, 4) is 11.5 Å². The number of aromatic hydroxyl groups is 1. The Hall–Kier alpha value is -3.09. The Morgan fingerprint density at radius 3 is 2.66 bits per heavy atom. The number of ether oxygens (including phenoxy) is 1. The quantitative estimate of drug-likeness (QED) is 0.781. The van der Waals surface area contributed by atoms with Crippen LogP contribution in [0, 0.1) is 11.7 Å². The van der Waals surface area contributed by atoms with E-state index in [1.54, 1.807) is 29.2 Å². The summed E-state index contributed by atoms with van der Waals surface area (Å²) < 4.78 is 18.1. The van der Waals surface area contributed by atoms with Gasteiger partial charge >= 0.3 is 0 Å². The van der Waals surface area contributed by atoms with Crippen molar-refractivity contribution in [1.82, 2.24) is 10.2 Å². The van der Waals surface area contributed by atoms with Crippen molar-refractivity contribution in [2.24, 2.45) is 5.92 Å². The number of hydrogen-bond donors (Lipinski definition) is 2. The van der Waals surface area contributed by atoms with Crippen LogP contribution in [-0.2, 0) is 22.6 Å². The zero-order valence-electron chi connectivity index (χ0n) is 16.4. The van der Waals surface area contributed by atoms with Crippen LogP contribution < -0.4 is 10.1 Å². The number of piperidine rings is 1. The molecule has 7 heteroatoms. The molecule has 0 radical (unpaired) electrons. The first kappa shape index (κ1) is 20.6.